The van der Waals surface area contributed by atoms with E-state index in [0.29, 0.717) is 17.8 Å². The van der Waals surface area contributed by atoms with E-state index < -0.39 is 0 Å². The van der Waals surface area contributed by atoms with Crippen molar-refractivity contribution in [1.29, 1.82) is 0 Å². The minimum Gasteiger partial charge on any atom is -0.345 e. The molecule has 0 amide bonds. The maximum absolute atomic E-state index is 10.8. The van der Waals surface area contributed by atoms with Gasteiger partial charge < -0.3 is 4.57 Å². The van der Waals surface area contributed by atoms with Crippen LogP contribution in [0.3, 0.4) is 0 Å². The van der Waals surface area contributed by atoms with Crippen LogP contribution in [0.5, 0.6) is 0 Å². The summed E-state index contributed by atoms with van der Waals surface area (Å²) in [6, 6.07) is 3.80. The molecule has 0 aliphatic carbocycles. The van der Waals surface area contributed by atoms with E-state index in [1.54, 1.807) is 0 Å². The number of aromatic nitrogens is 1. The van der Waals surface area contributed by atoms with Gasteiger partial charge in [0.1, 0.15) is 0 Å². The van der Waals surface area contributed by atoms with Crippen molar-refractivity contribution >= 4 is 6.29 Å². The summed E-state index contributed by atoms with van der Waals surface area (Å²) in [7, 11) is 0. The monoisotopic (exact) mass is 207 g/mol. The number of aldehydes is 1. The Hall–Kier alpha value is -1.05. The molecule has 0 fully saturated rings. The fraction of sp³-hybridized carbons (Fsp3) is 0.615. The second-order valence-electron chi connectivity index (χ2n) is 4.86. The number of hydrogen-bond donors (Lipinski definition) is 0. The molecule has 1 aromatic rings. The molecule has 0 spiro atoms. The highest BCUT2D eigenvalue weighted by Gasteiger charge is 2.18. The van der Waals surface area contributed by atoms with Gasteiger partial charge in [0.25, 0.3) is 0 Å². The normalized spacial score (nSPS) is 11.7. The average Bonchev–Trinajstić information content (AvgIpc) is 2.59. The van der Waals surface area contributed by atoms with Gasteiger partial charge in [-0.25, -0.2) is 0 Å². The van der Waals surface area contributed by atoms with Crippen molar-refractivity contribution in [2.24, 2.45) is 17.8 Å². The Morgan fingerprint density at radius 1 is 1.27 bits per heavy atom. The molecular formula is C13H21NO. The molecule has 0 bridgehead atoms. The van der Waals surface area contributed by atoms with E-state index in [1.165, 1.54) is 0 Å². The van der Waals surface area contributed by atoms with Gasteiger partial charge in [-0.3, -0.25) is 4.79 Å². The van der Waals surface area contributed by atoms with Gasteiger partial charge in [-0.2, -0.15) is 0 Å². The first-order chi connectivity index (χ1) is 7.06. The summed E-state index contributed by atoms with van der Waals surface area (Å²) in [5, 5.41) is 0. The zero-order valence-electron chi connectivity index (χ0n) is 10.1. The number of hydrogen-bond acceptors (Lipinski definition) is 1. The Balaban J connectivity index is 2.78. The molecule has 0 aromatic carbocycles. The highest BCUT2D eigenvalue weighted by atomic mass is 16.1. The van der Waals surface area contributed by atoms with E-state index >= 15 is 0 Å². The minimum atomic E-state index is 0.621. The van der Waals surface area contributed by atoms with Crippen molar-refractivity contribution in [3.05, 3.63) is 24.0 Å². The number of carbonyl (C=O) groups excluding carboxylic acids is 1. The summed E-state index contributed by atoms with van der Waals surface area (Å²) < 4.78 is 2.05. The van der Waals surface area contributed by atoms with Gasteiger partial charge in [0.2, 0.25) is 0 Å². The quantitative estimate of drug-likeness (QED) is 0.679. The smallest absolute Gasteiger partial charge is 0.166 e. The van der Waals surface area contributed by atoms with Crippen LogP contribution in [0.15, 0.2) is 18.3 Å². The standard InChI is InChI=1S/C13H21NO/c1-10(2)13(11(3)4)8-14-7-5-6-12(14)9-15/h5-7,9-11,13H,8H2,1-4H3. The van der Waals surface area contributed by atoms with E-state index in [9.17, 15) is 4.79 Å². The Kier molecular flexibility index (Phi) is 4.13. The first-order valence-corrected chi connectivity index (χ1v) is 5.66. The summed E-state index contributed by atoms with van der Waals surface area (Å²) in [5.74, 6) is 1.91. The van der Waals surface area contributed by atoms with E-state index in [0.717, 1.165) is 18.5 Å². The fourth-order valence-corrected chi connectivity index (χ4v) is 2.12. The molecule has 0 N–H and O–H groups in total. The summed E-state index contributed by atoms with van der Waals surface area (Å²) in [5.41, 5.74) is 0.779. The molecule has 84 valence electrons. The topological polar surface area (TPSA) is 22.0 Å². The molecule has 0 unspecified atom stereocenters. The Morgan fingerprint density at radius 3 is 2.33 bits per heavy atom. The third kappa shape index (κ3) is 2.95. The van der Waals surface area contributed by atoms with Gasteiger partial charge >= 0.3 is 0 Å². The molecule has 0 aliphatic rings. The molecule has 0 radical (unpaired) electrons. The largest absolute Gasteiger partial charge is 0.345 e. The van der Waals surface area contributed by atoms with Crippen LogP contribution in [-0.4, -0.2) is 10.9 Å². The van der Waals surface area contributed by atoms with Crippen LogP contribution in [0, 0.1) is 17.8 Å². The Labute approximate surface area is 92.3 Å². The second-order valence-corrected chi connectivity index (χ2v) is 4.86. The number of rotatable bonds is 5. The number of carbonyl (C=O) groups is 1. The van der Waals surface area contributed by atoms with Crippen molar-refractivity contribution in [1.82, 2.24) is 4.57 Å². The van der Waals surface area contributed by atoms with Crippen molar-refractivity contribution < 1.29 is 4.79 Å². The van der Waals surface area contributed by atoms with Crippen LogP contribution in [0.2, 0.25) is 0 Å². The third-order valence-corrected chi connectivity index (χ3v) is 3.11. The maximum atomic E-state index is 10.8. The lowest BCUT2D eigenvalue weighted by molar-refractivity contribution is 0.111. The minimum absolute atomic E-state index is 0.621. The first kappa shape index (κ1) is 12.0. The third-order valence-electron chi connectivity index (χ3n) is 3.11. The lowest BCUT2D eigenvalue weighted by atomic mass is 9.85. The van der Waals surface area contributed by atoms with Gasteiger partial charge in [-0.15, -0.1) is 0 Å². The van der Waals surface area contributed by atoms with Crippen LogP contribution in [0.1, 0.15) is 38.2 Å². The molecule has 0 saturated carbocycles. The second kappa shape index (κ2) is 5.15. The van der Waals surface area contributed by atoms with Gasteiger partial charge in [-0.05, 0) is 29.9 Å². The predicted molar refractivity (Wildman–Crippen MR) is 63.0 cm³/mol. The van der Waals surface area contributed by atoms with Crippen molar-refractivity contribution in [2.45, 2.75) is 34.2 Å². The fourth-order valence-electron chi connectivity index (χ4n) is 2.12. The summed E-state index contributed by atoms with van der Waals surface area (Å²) in [6.45, 7) is 9.92. The highest BCUT2D eigenvalue weighted by molar-refractivity contribution is 5.72. The molecule has 15 heavy (non-hydrogen) atoms. The van der Waals surface area contributed by atoms with Crippen molar-refractivity contribution in [3.63, 3.8) is 0 Å². The molecule has 2 heteroatoms. The Bertz CT molecular complexity index is 304. The lowest BCUT2D eigenvalue weighted by Crippen LogP contribution is -2.22. The molecule has 1 aromatic heterocycles. The Morgan fingerprint density at radius 2 is 1.87 bits per heavy atom. The molecule has 1 heterocycles. The zero-order chi connectivity index (χ0) is 11.4. The molecule has 1 rings (SSSR count). The molecule has 0 aliphatic heterocycles. The van der Waals surface area contributed by atoms with Crippen LogP contribution in [0.4, 0.5) is 0 Å². The van der Waals surface area contributed by atoms with Crippen molar-refractivity contribution in [2.75, 3.05) is 0 Å². The van der Waals surface area contributed by atoms with E-state index in [4.69, 9.17) is 0 Å². The van der Waals surface area contributed by atoms with E-state index in [2.05, 4.69) is 32.3 Å². The summed E-state index contributed by atoms with van der Waals surface area (Å²) in [6.07, 6.45) is 2.92. The van der Waals surface area contributed by atoms with Crippen LogP contribution in [0.25, 0.3) is 0 Å². The van der Waals surface area contributed by atoms with Gasteiger partial charge in [0.15, 0.2) is 6.29 Å². The molecule has 0 saturated heterocycles. The van der Waals surface area contributed by atoms with Gasteiger partial charge in [0.05, 0.1) is 5.69 Å². The van der Waals surface area contributed by atoms with E-state index in [1.807, 2.05) is 18.3 Å². The predicted octanol–water partition coefficient (Wildman–Crippen LogP) is 3.23. The summed E-state index contributed by atoms with van der Waals surface area (Å²) in [4.78, 5) is 10.8. The van der Waals surface area contributed by atoms with Gasteiger partial charge in [-0.1, -0.05) is 27.7 Å². The zero-order valence-corrected chi connectivity index (χ0v) is 10.1. The van der Waals surface area contributed by atoms with Crippen LogP contribution < -0.4 is 0 Å². The highest BCUT2D eigenvalue weighted by Crippen LogP contribution is 2.23. The number of nitrogens with zero attached hydrogens (tertiary/aromatic N) is 1. The first-order valence-electron chi connectivity index (χ1n) is 5.66. The van der Waals surface area contributed by atoms with Crippen molar-refractivity contribution in [3.8, 4) is 0 Å². The van der Waals surface area contributed by atoms with E-state index in [-0.39, 0.29) is 0 Å². The average molecular weight is 207 g/mol. The van der Waals surface area contributed by atoms with Crippen LogP contribution in [-0.2, 0) is 6.54 Å². The SMILES string of the molecule is CC(C)C(Cn1cccc1C=O)C(C)C. The van der Waals surface area contributed by atoms with Gasteiger partial charge in [0, 0.05) is 12.7 Å². The summed E-state index contributed by atoms with van der Waals surface area (Å²) >= 11 is 0. The molecular weight excluding hydrogens is 186 g/mol. The molecule has 0 atom stereocenters. The maximum Gasteiger partial charge on any atom is 0.166 e. The molecule has 2 nitrogen and oxygen atoms in total. The van der Waals surface area contributed by atoms with Crippen LogP contribution >= 0.6 is 0 Å². The lowest BCUT2D eigenvalue weighted by Gasteiger charge is -2.25.